The number of nitrogens with zero attached hydrogens (tertiary/aromatic N) is 1. The molecule has 0 spiro atoms. The molecule has 0 atom stereocenters. The Morgan fingerprint density at radius 1 is 1.03 bits per heavy atom. The standard InChI is InChI=1S/C21H28ClN3O3.HI/c1-6-28-20-17(22)10-15(11-19(20)27-5)12-24-21(23-3)25-13-16-8-7-14(2)9-18(16)26-4;/h7-11H,6,12-13H2,1-5H3,(H2,23,24,25);1H. The van der Waals surface area contributed by atoms with Gasteiger partial charge in [0.2, 0.25) is 0 Å². The lowest BCUT2D eigenvalue weighted by atomic mass is 10.1. The van der Waals surface area contributed by atoms with Crippen LogP contribution in [0.2, 0.25) is 5.02 Å². The van der Waals surface area contributed by atoms with Gasteiger partial charge in [-0.15, -0.1) is 24.0 Å². The van der Waals surface area contributed by atoms with Crippen molar-refractivity contribution in [3.63, 3.8) is 0 Å². The van der Waals surface area contributed by atoms with Crippen LogP contribution in [0.15, 0.2) is 35.3 Å². The van der Waals surface area contributed by atoms with Gasteiger partial charge < -0.3 is 24.8 Å². The summed E-state index contributed by atoms with van der Waals surface area (Å²) < 4.78 is 16.4. The van der Waals surface area contributed by atoms with Crippen molar-refractivity contribution in [3.8, 4) is 17.2 Å². The molecule has 0 aliphatic rings. The SMILES string of the molecule is CCOc1c(Cl)cc(CNC(=NC)NCc2ccc(C)cc2OC)cc1OC.I. The Morgan fingerprint density at radius 3 is 2.34 bits per heavy atom. The van der Waals surface area contributed by atoms with E-state index >= 15 is 0 Å². The van der Waals surface area contributed by atoms with Crippen molar-refractivity contribution in [1.82, 2.24) is 10.6 Å². The lowest BCUT2D eigenvalue weighted by Crippen LogP contribution is -2.36. The van der Waals surface area contributed by atoms with Crippen LogP contribution in [0, 0.1) is 6.92 Å². The number of rotatable bonds is 8. The lowest BCUT2D eigenvalue weighted by molar-refractivity contribution is 0.311. The number of benzene rings is 2. The van der Waals surface area contributed by atoms with Crippen LogP contribution in [0.5, 0.6) is 17.2 Å². The van der Waals surface area contributed by atoms with E-state index in [2.05, 4.69) is 21.7 Å². The molecule has 2 aromatic carbocycles. The maximum atomic E-state index is 6.34. The Hall–Kier alpha value is -1.87. The fourth-order valence-electron chi connectivity index (χ4n) is 2.74. The number of methoxy groups -OCH3 is 2. The zero-order valence-electron chi connectivity index (χ0n) is 17.5. The molecule has 0 heterocycles. The van der Waals surface area contributed by atoms with Gasteiger partial charge in [0.25, 0.3) is 0 Å². The number of nitrogens with one attached hydrogen (secondary N) is 2. The third-order valence-corrected chi connectivity index (χ3v) is 4.43. The van der Waals surface area contributed by atoms with Gasteiger partial charge in [0.15, 0.2) is 17.5 Å². The summed E-state index contributed by atoms with van der Waals surface area (Å²) in [6, 6.07) is 9.88. The fourth-order valence-corrected chi connectivity index (χ4v) is 3.03. The second kappa shape index (κ2) is 12.6. The molecule has 0 aliphatic heterocycles. The third-order valence-electron chi connectivity index (χ3n) is 4.15. The van der Waals surface area contributed by atoms with Gasteiger partial charge in [0, 0.05) is 25.7 Å². The Morgan fingerprint density at radius 2 is 1.72 bits per heavy atom. The monoisotopic (exact) mass is 533 g/mol. The molecule has 29 heavy (non-hydrogen) atoms. The van der Waals surface area contributed by atoms with Gasteiger partial charge in [-0.3, -0.25) is 4.99 Å². The van der Waals surface area contributed by atoms with Crippen LogP contribution >= 0.6 is 35.6 Å². The van der Waals surface area contributed by atoms with Crippen LogP contribution in [0.25, 0.3) is 0 Å². The van der Waals surface area contributed by atoms with Crippen molar-refractivity contribution >= 4 is 41.5 Å². The molecule has 8 heteroatoms. The first kappa shape index (κ1) is 25.2. The quantitative estimate of drug-likeness (QED) is 0.296. The van der Waals surface area contributed by atoms with E-state index in [-0.39, 0.29) is 24.0 Å². The first-order valence-corrected chi connectivity index (χ1v) is 9.47. The number of hydrogen-bond donors (Lipinski definition) is 2. The van der Waals surface area contributed by atoms with Gasteiger partial charge in [-0.05, 0) is 43.2 Å². The Labute approximate surface area is 195 Å². The molecule has 0 saturated heterocycles. The Balaban J connectivity index is 0.00000420. The van der Waals surface area contributed by atoms with Gasteiger partial charge in [0.05, 0.1) is 25.8 Å². The predicted molar refractivity (Wildman–Crippen MR) is 129 cm³/mol. The summed E-state index contributed by atoms with van der Waals surface area (Å²) in [7, 11) is 5.00. The van der Waals surface area contributed by atoms with E-state index in [4.69, 9.17) is 25.8 Å². The van der Waals surface area contributed by atoms with Crippen molar-refractivity contribution in [2.24, 2.45) is 4.99 Å². The summed E-state index contributed by atoms with van der Waals surface area (Å²) in [5.41, 5.74) is 3.17. The molecule has 0 amide bonds. The van der Waals surface area contributed by atoms with E-state index in [1.807, 2.05) is 38.1 Å². The molecule has 0 bridgehead atoms. The molecule has 2 aromatic rings. The summed E-state index contributed by atoms with van der Waals surface area (Å²) in [4.78, 5) is 4.27. The smallest absolute Gasteiger partial charge is 0.191 e. The minimum Gasteiger partial charge on any atom is -0.496 e. The minimum atomic E-state index is 0. The summed E-state index contributed by atoms with van der Waals surface area (Å²) in [5, 5.41) is 7.09. The number of guanidine groups is 1. The molecular weight excluding hydrogens is 505 g/mol. The van der Waals surface area contributed by atoms with Crippen LogP contribution in [0.3, 0.4) is 0 Å². The van der Waals surface area contributed by atoms with Gasteiger partial charge in [0.1, 0.15) is 5.75 Å². The van der Waals surface area contributed by atoms with Gasteiger partial charge >= 0.3 is 0 Å². The molecule has 0 saturated carbocycles. The zero-order chi connectivity index (χ0) is 20.5. The highest BCUT2D eigenvalue weighted by Gasteiger charge is 2.12. The van der Waals surface area contributed by atoms with E-state index in [0.29, 0.717) is 42.2 Å². The number of ether oxygens (including phenoxy) is 3. The van der Waals surface area contributed by atoms with E-state index in [0.717, 1.165) is 22.4 Å². The third kappa shape index (κ3) is 7.15. The summed E-state index contributed by atoms with van der Waals surface area (Å²) in [5.74, 6) is 2.69. The van der Waals surface area contributed by atoms with Gasteiger partial charge in [-0.25, -0.2) is 0 Å². The normalized spacial score (nSPS) is 10.8. The first-order valence-electron chi connectivity index (χ1n) is 9.09. The topological polar surface area (TPSA) is 64.1 Å². The van der Waals surface area contributed by atoms with Crippen LogP contribution in [0.1, 0.15) is 23.6 Å². The molecule has 160 valence electrons. The second-order valence-electron chi connectivity index (χ2n) is 6.14. The average molecular weight is 534 g/mol. The Bertz CT molecular complexity index is 831. The highest BCUT2D eigenvalue weighted by Crippen LogP contribution is 2.36. The van der Waals surface area contributed by atoms with Crippen molar-refractivity contribution in [1.29, 1.82) is 0 Å². The largest absolute Gasteiger partial charge is 0.496 e. The fraction of sp³-hybridized carbons (Fsp3) is 0.381. The van der Waals surface area contributed by atoms with Gasteiger partial charge in [-0.2, -0.15) is 0 Å². The highest BCUT2D eigenvalue weighted by atomic mass is 127. The lowest BCUT2D eigenvalue weighted by Gasteiger charge is -2.16. The van der Waals surface area contributed by atoms with Crippen LogP contribution in [0.4, 0.5) is 0 Å². The van der Waals surface area contributed by atoms with E-state index < -0.39 is 0 Å². The van der Waals surface area contributed by atoms with Crippen LogP contribution in [-0.2, 0) is 13.1 Å². The predicted octanol–water partition coefficient (Wildman–Crippen LogP) is 4.55. The second-order valence-corrected chi connectivity index (χ2v) is 6.54. The summed E-state index contributed by atoms with van der Waals surface area (Å²) in [6.07, 6.45) is 0. The van der Waals surface area contributed by atoms with E-state index in [1.54, 1.807) is 21.3 Å². The number of hydrogen-bond acceptors (Lipinski definition) is 4. The first-order chi connectivity index (χ1) is 13.5. The molecule has 2 rings (SSSR count). The van der Waals surface area contributed by atoms with Crippen molar-refractivity contribution < 1.29 is 14.2 Å². The number of aliphatic imine (C=N–C) groups is 1. The van der Waals surface area contributed by atoms with Crippen LogP contribution < -0.4 is 24.8 Å². The molecule has 0 aliphatic carbocycles. The Kier molecular flexibility index (Phi) is 11.0. The minimum absolute atomic E-state index is 0. The molecule has 0 aromatic heterocycles. The number of aryl methyl sites for hydroxylation is 1. The summed E-state index contributed by atoms with van der Waals surface area (Å²) >= 11 is 6.34. The average Bonchev–Trinajstić information content (AvgIpc) is 2.70. The molecular formula is C21H29ClIN3O3. The molecule has 0 fully saturated rings. The van der Waals surface area contributed by atoms with Crippen molar-refractivity contribution in [2.45, 2.75) is 26.9 Å². The summed E-state index contributed by atoms with van der Waals surface area (Å²) in [6.45, 7) is 5.59. The molecule has 6 nitrogen and oxygen atoms in total. The van der Waals surface area contributed by atoms with Crippen molar-refractivity contribution in [2.75, 3.05) is 27.9 Å². The van der Waals surface area contributed by atoms with E-state index in [9.17, 15) is 0 Å². The molecule has 2 N–H and O–H groups in total. The molecule has 0 radical (unpaired) electrons. The maximum absolute atomic E-state index is 6.34. The number of halogens is 2. The van der Waals surface area contributed by atoms with Crippen LogP contribution in [-0.4, -0.2) is 33.8 Å². The van der Waals surface area contributed by atoms with E-state index in [1.165, 1.54) is 0 Å². The van der Waals surface area contributed by atoms with Crippen molar-refractivity contribution in [3.05, 3.63) is 52.0 Å². The maximum Gasteiger partial charge on any atom is 0.191 e. The zero-order valence-corrected chi connectivity index (χ0v) is 20.6. The van der Waals surface area contributed by atoms with Gasteiger partial charge in [-0.1, -0.05) is 23.7 Å². The highest BCUT2D eigenvalue weighted by molar-refractivity contribution is 14.0. The molecule has 0 unspecified atom stereocenters.